The van der Waals surface area contributed by atoms with Crippen molar-refractivity contribution in [2.45, 2.75) is 38.6 Å². The molecule has 0 radical (unpaired) electrons. The largest absolute Gasteiger partial charge is 0.314 e. The second kappa shape index (κ2) is 5.72. The Labute approximate surface area is 114 Å². The molecule has 0 bridgehead atoms. The second-order valence-electron chi connectivity index (χ2n) is 5.72. The van der Waals surface area contributed by atoms with Crippen LogP contribution in [0.1, 0.15) is 41.5 Å². The van der Waals surface area contributed by atoms with Crippen molar-refractivity contribution < 1.29 is 0 Å². The molecule has 2 nitrogen and oxygen atoms in total. The number of nitrogens with one attached hydrogen (secondary N) is 1. The van der Waals surface area contributed by atoms with Crippen molar-refractivity contribution in [3.8, 4) is 0 Å². The predicted molar refractivity (Wildman–Crippen MR) is 78.2 cm³/mol. The minimum Gasteiger partial charge on any atom is -0.314 e. The molecule has 1 aliphatic heterocycles. The van der Waals surface area contributed by atoms with E-state index in [1.54, 1.807) is 4.88 Å². The average molecular weight is 264 g/mol. The van der Waals surface area contributed by atoms with Crippen molar-refractivity contribution >= 4 is 11.3 Å². The summed E-state index contributed by atoms with van der Waals surface area (Å²) >= 11 is 2.01. The molecule has 1 aromatic heterocycles. The van der Waals surface area contributed by atoms with E-state index in [0.717, 1.165) is 19.0 Å². The van der Waals surface area contributed by atoms with Crippen molar-refractivity contribution in [2.75, 3.05) is 26.2 Å². The Morgan fingerprint density at radius 1 is 1.22 bits per heavy atom. The number of hydrogen-bond acceptors (Lipinski definition) is 3. The average Bonchev–Trinajstić information content (AvgIpc) is 3.04. The molecule has 0 spiro atoms. The molecule has 0 unspecified atom stereocenters. The van der Waals surface area contributed by atoms with Gasteiger partial charge in [-0.1, -0.05) is 12.8 Å². The summed E-state index contributed by atoms with van der Waals surface area (Å²) in [7, 11) is 0. The Morgan fingerprint density at radius 3 is 2.56 bits per heavy atom. The summed E-state index contributed by atoms with van der Waals surface area (Å²) in [5.41, 5.74) is 0. The van der Waals surface area contributed by atoms with Crippen molar-refractivity contribution in [2.24, 2.45) is 5.92 Å². The summed E-state index contributed by atoms with van der Waals surface area (Å²) in [4.78, 5) is 5.81. The zero-order chi connectivity index (χ0) is 12.4. The van der Waals surface area contributed by atoms with Gasteiger partial charge in [-0.05, 0) is 37.8 Å². The van der Waals surface area contributed by atoms with E-state index >= 15 is 0 Å². The maximum absolute atomic E-state index is 3.48. The van der Waals surface area contributed by atoms with E-state index < -0.39 is 0 Å². The maximum Gasteiger partial charge on any atom is 0.0470 e. The fourth-order valence-electron chi connectivity index (χ4n) is 3.56. The van der Waals surface area contributed by atoms with E-state index in [2.05, 4.69) is 29.3 Å². The minimum atomic E-state index is 0.702. The molecule has 0 aromatic carbocycles. The highest BCUT2D eigenvalue weighted by atomic mass is 32.1. The van der Waals surface area contributed by atoms with Crippen LogP contribution in [0.25, 0.3) is 0 Å². The molecule has 2 fully saturated rings. The van der Waals surface area contributed by atoms with E-state index in [0.29, 0.717) is 6.04 Å². The van der Waals surface area contributed by atoms with E-state index in [4.69, 9.17) is 0 Å². The van der Waals surface area contributed by atoms with E-state index in [9.17, 15) is 0 Å². The third kappa shape index (κ3) is 2.63. The Kier molecular flexibility index (Phi) is 4.02. The molecule has 3 heteroatoms. The Hall–Kier alpha value is -0.380. The van der Waals surface area contributed by atoms with Gasteiger partial charge >= 0.3 is 0 Å². The van der Waals surface area contributed by atoms with Crippen LogP contribution < -0.4 is 5.32 Å². The van der Waals surface area contributed by atoms with E-state index in [1.807, 2.05) is 11.3 Å². The fourth-order valence-corrected chi connectivity index (χ4v) is 4.66. The third-order valence-electron chi connectivity index (χ3n) is 4.44. The molecule has 1 atom stereocenters. The molecular formula is C15H24N2S. The maximum atomic E-state index is 3.48. The number of hydrogen-bond donors (Lipinski definition) is 1. The monoisotopic (exact) mass is 264 g/mol. The van der Waals surface area contributed by atoms with Gasteiger partial charge in [0.2, 0.25) is 0 Å². The molecule has 1 saturated heterocycles. The van der Waals surface area contributed by atoms with Gasteiger partial charge in [-0.15, -0.1) is 11.3 Å². The topological polar surface area (TPSA) is 15.3 Å². The van der Waals surface area contributed by atoms with Crippen LogP contribution in [-0.2, 0) is 0 Å². The van der Waals surface area contributed by atoms with Crippen LogP contribution in [-0.4, -0.2) is 31.1 Å². The van der Waals surface area contributed by atoms with Crippen LogP contribution in [0, 0.1) is 12.8 Å². The first-order valence-corrected chi connectivity index (χ1v) is 8.17. The van der Waals surface area contributed by atoms with Gasteiger partial charge in [0.15, 0.2) is 0 Å². The summed E-state index contributed by atoms with van der Waals surface area (Å²) in [6.45, 7) is 7.00. The third-order valence-corrected chi connectivity index (χ3v) is 5.52. The van der Waals surface area contributed by atoms with Gasteiger partial charge in [-0.3, -0.25) is 4.90 Å². The molecule has 1 N–H and O–H groups in total. The molecule has 18 heavy (non-hydrogen) atoms. The second-order valence-corrected chi connectivity index (χ2v) is 7.04. The molecule has 1 saturated carbocycles. The minimum absolute atomic E-state index is 0.702. The highest BCUT2D eigenvalue weighted by Crippen LogP contribution is 2.41. The number of piperazine rings is 1. The van der Waals surface area contributed by atoms with Crippen LogP contribution >= 0.6 is 11.3 Å². The van der Waals surface area contributed by atoms with Gasteiger partial charge in [0.1, 0.15) is 0 Å². The van der Waals surface area contributed by atoms with Crippen molar-refractivity contribution in [3.05, 3.63) is 21.9 Å². The Morgan fingerprint density at radius 2 is 1.94 bits per heavy atom. The van der Waals surface area contributed by atoms with Crippen LogP contribution in [0.3, 0.4) is 0 Å². The summed E-state index contributed by atoms with van der Waals surface area (Å²) in [5, 5.41) is 3.48. The van der Waals surface area contributed by atoms with Gasteiger partial charge in [0, 0.05) is 42.0 Å². The molecule has 1 aromatic rings. The summed E-state index contributed by atoms with van der Waals surface area (Å²) < 4.78 is 0. The lowest BCUT2D eigenvalue weighted by Gasteiger charge is -2.37. The highest BCUT2D eigenvalue weighted by molar-refractivity contribution is 7.12. The number of nitrogens with zero attached hydrogens (tertiary/aromatic N) is 1. The number of thiophene rings is 1. The molecule has 0 amide bonds. The molecule has 1 aliphatic carbocycles. The quantitative estimate of drug-likeness (QED) is 0.902. The molecular weight excluding hydrogens is 240 g/mol. The highest BCUT2D eigenvalue weighted by Gasteiger charge is 2.32. The molecule has 2 heterocycles. The summed E-state index contributed by atoms with van der Waals surface area (Å²) in [5.74, 6) is 0.904. The van der Waals surface area contributed by atoms with Gasteiger partial charge in [-0.25, -0.2) is 0 Å². The first-order chi connectivity index (χ1) is 8.84. The molecule has 2 aliphatic rings. The van der Waals surface area contributed by atoms with Crippen LogP contribution in [0.5, 0.6) is 0 Å². The van der Waals surface area contributed by atoms with Gasteiger partial charge in [0.05, 0.1) is 0 Å². The van der Waals surface area contributed by atoms with Gasteiger partial charge in [0.25, 0.3) is 0 Å². The molecule has 3 rings (SSSR count). The van der Waals surface area contributed by atoms with Crippen molar-refractivity contribution in [1.82, 2.24) is 10.2 Å². The first kappa shape index (κ1) is 12.6. The van der Waals surface area contributed by atoms with Crippen LogP contribution in [0.2, 0.25) is 0 Å². The van der Waals surface area contributed by atoms with Crippen LogP contribution in [0.4, 0.5) is 0 Å². The Bertz CT molecular complexity index is 376. The van der Waals surface area contributed by atoms with Gasteiger partial charge < -0.3 is 5.32 Å². The van der Waals surface area contributed by atoms with E-state index in [1.165, 1.54) is 43.6 Å². The normalized spacial score (nSPS) is 24.5. The lowest BCUT2D eigenvalue weighted by molar-refractivity contribution is 0.128. The summed E-state index contributed by atoms with van der Waals surface area (Å²) in [6, 6.07) is 5.38. The standard InChI is InChI=1S/C15H24N2S/c1-12-6-7-14(18-12)15(13-4-2-3-5-13)17-10-8-16-9-11-17/h6-7,13,15-16H,2-5,8-11H2,1H3/t15-/m0/s1. The first-order valence-electron chi connectivity index (χ1n) is 7.36. The lowest BCUT2D eigenvalue weighted by Crippen LogP contribution is -2.46. The SMILES string of the molecule is Cc1ccc([C@H](C2CCCC2)N2CCNCC2)s1. The zero-order valence-electron chi connectivity index (χ0n) is 11.3. The lowest BCUT2D eigenvalue weighted by atomic mass is 9.94. The predicted octanol–water partition coefficient (Wildman–Crippen LogP) is 3.19. The van der Waals surface area contributed by atoms with Crippen molar-refractivity contribution in [3.63, 3.8) is 0 Å². The Balaban J connectivity index is 1.82. The zero-order valence-corrected chi connectivity index (χ0v) is 12.1. The van der Waals surface area contributed by atoms with E-state index in [-0.39, 0.29) is 0 Å². The number of rotatable bonds is 3. The van der Waals surface area contributed by atoms with Crippen LogP contribution in [0.15, 0.2) is 12.1 Å². The fraction of sp³-hybridized carbons (Fsp3) is 0.733. The van der Waals surface area contributed by atoms with Gasteiger partial charge in [-0.2, -0.15) is 0 Å². The number of aryl methyl sites for hydroxylation is 1. The molecule has 100 valence electrons. The summed E-state index contributed by atoms with van der Waals surface area (Å²) in [6.07, 6.45) is 5.76. The van der Waals surface area contributed by atoms with Crippen molar-refractivity contribution in [1.29, 1.82) is 0 Å². The smallest absolute Gasteiger partial charge is 0.0470 e.